The number of rotatable bonds is 5. The lowest BCUT2D eigenvalue weighted by atomic mass is 10.2. The van der Waals surface area contributed by atoms with Crippen LogP contribution in [0.3, 0.4) is 0 Å². The molecule has 0 bridgehead atoms. The van der Waals surface area contributed by atoms with Crippen LogP contribution in [0.4, 0.5) is 10.1 Å². The van der Waals surface area contributed by atoms with E-state index >= 15 is 0 Å². The minimum atomic E-state index is -4.00. The monoisotopic (exact) mass is 358 g/mol. The van der Waals surface area contributed by atoms with Crippen LogP contribution in [0.1, 0.15) is 11.1 Å². The fourth-order valence-corrected chi connectivity index (χ4v) is 3.19. The molecule has 0 aliphatic rings. The quantitative estimate of drug-likeness (QED) is 0.656. The molecule has 0 atom stereocenters. The van der Waals surface area contributed by atoms with Crippen LogP contribution in [0.2, 0.25) is 5.02 Å². The predicted octanol–water partition coefficient (Wildman–Crippen LogP) is 3.17. The number of nitrogens with zero attached hydrogens (tertiary/aromatic N) is 1. The number of hydrogen-bond donors (Lipinski definition) is 1. The molecule has 2 aromatic carbocycles. The predicted molar refractivity (Wildman–Crippen MR) is 83.3 cm³/mol. The van der Waals surface area contributed by atoms with Crippen molar-refractivity contribution in [3.63, 3.8) is 0 Å². The highest BCUT2D eigenvalue weighted by Gasteiger charge is 2.22. The maximum Gasteiger partial charge on any atom is 0.275 e. The third kappa shape index (κ3) is 4.04. The van der Waals surface area contributed by atoms with Crippen molar-refractivity contribution in [1.82, 2.24) is 4.72 Å². The molecule has 0 saturated heterocycles. The Morgan fingerprint density at radius 3 is 2.43 bits per heavy atom. The molecule has 0 amide bonds. The van der Waals surface area contributed by atoms with E-state index < -0.39 is 20.8 Å². The van der Waals surface area contributed by atoms with Crippen molar-refractivity contribution in [2.24, 2.45) is 0 Å². The Morgan fingerprint density at radius 1 is 1.26 bits per heavy atom. The van der Waals surface area contributed by atoms with Crippen LogP contribution in [0, 0.1) is 22.9 Å². The molecule has 0 saturated carbocycles. The van der Waals surface area contributed by atoms with E-state index in [4.69, 9.17) is 11.6 Å². The molecule has 2 rings (SSSR count). The Hall–Kier alpha value is -2.03. The van der Waals surface area contributed by atoms with Gasteiger partial charge in [-0.2, -0.15) is 0 Å². The lowest BCUT2D eigenvalue weighted by Crippen LogP contribution is -2.23. The van der Waals surface area contributed by atoms with Crippen LogP contribution in [0.25, 0.3) is 0 Å². The average Bonchev–Trinajstić information content (AvgIpc) is 2.49. The number of hydrogen-bond acceptors (Lipinski definition) is 4. The molecule has 0 fully saturated rings. The normalized spacial score (nSPS) is 11.4. The minimum absolute atomic E-state index is 0.0126. The van der Waals surface area contributed by atoms with Gasteiger partial charge in [0, 0.05) is 18.2 Å². The zero-order valence-corrected chi connectivity index (χ0v) is 13.5. The van der Waals surface area contributed by atoms with E-state index in [2.05, 4.69) is 4.72 Å². The second-order valence-corrected chi connectivity index (χ2v) is 6.93. The number of halogens is 2. The highest BCUT2D eigenvalue weighted by atomic mass is 35.5. The molecule has 2 aromatic rings. The van der Waals surface area contributed by atoms with E-state index in [1.54, 1.807) is 0 Å². The van der Waals surface area contributed by atoms with Crippen LogP contribution in [-0.4, -0.2) is 13.3 Å². The highest BCUT2D eigenvalue weighted by Crippen LogP contribution is 2.29. The van der Waals surface area contributed by atoms with E-state index in [0.29, 0.717) is 5.56 Å². The summed E-state index contributed by atoms with van der Waals surface area (Å²) >= 11 is 5.87. The van der Waals surface area contributed by atoms with Gasteiger partial charge in [0.2, 0.25) is 10.0 Å². The number of nitrogens with one attached hydrogen (secondary N) is 1. The Morgan fingerprint density at radius 2 is 1.87 bits per heavy atom. The summed E-state index contributed by atoms with van der Waals surface area (Å²) in [5.41, 5.74) is 0.358. The van der Waals surface area contributed by atoms with Crippen LogP contribution < -0.4 is 4.72 Å². The second-order valence-electron chi connectivity index (χ2n) is 4.76. The Bertz CT molecular complexity index is 854. The largest absolute Gasteiger partial charge is 0.275 e. The number of sulfonamides is 1. The van der Waals surface area contributed by atoms with Gasteiger partial charge in [-0.05, 0) is 30.7 Å². The first-order valence-electron chi connectivity index (χ1n) is 6.39. The van der Waals surface area contributed by atoms with E-state index in [1.165, 1.54) is 31.2 Å². The van der Waals surface area contributed by atoms with Crippen LogP contribution in [0.15, 0.2) is 41.3 Å². The molecule has 0 heterocycles. The van der Waals surface area contributed by atoms with Crippen molar-refractivity contribution >= 4 is 27.3 Å². The molecule has 0 aliphatic carbocycles. The minimum Gasteiger partial charge on any atom is -0.258 e. The summed E-state index contributed by atoms with van der Waals surface area (Å²) < 4.78 is 39.6. The van der Waals surface area contributed by atoms with E-state index in [1.807, 2.05) is 0 Å². The second kappa shape index (κ2) is 6.61. The fourth-order valence-electron chi connectivity index (χ4n) is 1.85. The van der Waals surface area contributed by atoms with Crippen molar-refractivity contribution in [1.29, 1.82) is 0 Å². The van der Waals surface area contributed by atoms with Gasteiger partial charge < -0.3 is 0 Å². The molecule has 0 radical (unpaired) electrons. The number of nitro benzene ring substituents is 1. The van der Waals surface area contributed by atoms with Gasteiger partial charge in [0.1, 0.15) is 5.82 Å². The van der Waals surface area contributed by atoms with Crippen LogP contribution >= 0.6 is 11.6 Å². The third-order valence-corrected chi connectivity index (χ3v) is 4.95. The lowest BCUT2D eigenvalue weighted by molar-refractivity contribution is -0.385. The van der Waals surface area contributed by atoms with Gasteiger partial charge in [-0.1, -0.05) is 23.7 Å². The van der Waals surface area contributed by atoms with E-state index in [9.17, 15) is 22.9 Å². The molecule has 0 spiro atoms. The van der Waals surface area contributed by atoms with Crippen molar-refractivity contribution in [2.45, 2.75) is 18.4 Å². The summed E-state index contributed by atoms with van der Waals surface area (Å²) in [6, 6.07) is 7.38. The third-order valence-electron chi connectivity index (χ3n) is 3.18. The maximum atomic E-state index is 12.8. The highest BCUT2D eigenvalue weighted by molar-refractivity contribution is 7.89. The summed E-state index contributed by atoms with van der Waals surface area (Å²) in [5, 5.41) is 10.9. The Kier molecular flexibility index (Phi) is 4.98. The van der Waals surface area contributed by atoms with E-state index in [-0.39, 0.29) is 27.7 Å². The van der Waals surface area contributed by atoms with Gasteiger partial charge >= 0.3 is 0 Å². The Balaban J connectivity index is 2.29. The van der Waals surface area contributed by atoms with Gasteiger partial charge in [-0.3, -0.25) is 10.1 Å². The summed E-state index contributed by atoms with van der Waals surface area (Å²) in [4.78, 5) is 9.96. The summed E-state index contributed by atoms with van der Waals surface area (Å²) in [5.74, 6) is -0.433. The van der Waals surface area contributed by atoms with Gasteiger partial charge in [0.05, 0.1) is 14.8 Å². The molecular formula is C14H12ClFN2O4S. The molecule has 1 N–H and O–H groups in total. The van der Waals surface area contributed by atoms with Gasteiger partial charge in [0.15, 0.2) is 0 Å². The van der Waals surface area contributed by atoms with E-state index in [0.717, 1.165) is 12.1 Å². The average molecular weight is 359 g/mol. The summed E-state index contributed by atoms with van der Waals surface area (Å²) in [6.45, 7) is 1.35. The Labute approximate surface area is 137 Å². The molecule has 122 valence electrons. The van der Waals surface area contributed by atoms with Gasteiger partial charge in [-0.25, -0.2) is 17.5 Å². The van der Waals surface area contributed by atoms with Crippen LogP contribution in [-0.2, 0) is 16.6 Å². The first-order chi connectivity index (χ1) is 10.7. The van der Waals surface area contributed by atoms with Crippen molar-refractivity contribution in [2.75, 3.05) is 0 Å². The fraction of sp³-hybridized carbons (Fsp3) is 0.143. The summed E-state index contributed by atoms with van der Waals surface area (Å²) in [7, 11) is -4.00. The molecule has 6 nitrogen and oxygen atoms in total. The van der Waals surface area contributed by atoms with Crippen molar-refractivity contribution < 1.29 is 17.7 Å². The SMILES string of the molecule is Cc1c(Cl)cc(S(=O)(=O)NCc2ccc(F)cc2)cc1[N+](=O)[O-]. The zero-order valence-electron chi connectivity index (χ0n) is 11.9. The summed E-state index contributed by atoms with van der Waals surface area (Å²) in [6.07, 6.45) is 0. The van der Waals surface area contributed by atoms with Crippen LogP contribution in [0.5, 0.6) is 0 Å². The van der Waals surface area contributed by atoms with Crippen molar-refractivity contribution in [3.05, 3.63) is 68.5 Å². The lowest BCUT2D eigenvalue weighted by Gasteiger charge is -2.09. The molecule has 0 aromatic heterocycles. The molecule has 0 aliphatic heterocycles. The topological polar surface area (TPSA) is 89.3 Å². The smallest absolute Gasteiger partial charge is 0.258 e. The molecular weight excluding hydrogens is 347 g/mol. The van der Waals surface area contributed by atoms with Crippen molar-refractivity contribution in [3.8, 4) is 0 Å². The first-order valence-corrected chi connectivity index (χ1v) is 8.25. The molecule has 9 heteroatoms. The van der Waals surface area contributed by atoms with Gasteiger partial charge in [-0.15, -0.1) is 0 Å². The standard InChI is InChI=1S/C14H12ClFN2O4S/c1-9-13(15)6-12(7-14(9)18(19)20)23(21,22)17-8-10-2-4-11(16)5-3-10/h2-7,17H,8H2,1H3. The number of nitro groups is 1. The molecule has 0 unspecified atom stereocenters. The first kappa shape index (κ1) is 17.3. The molecule has 23 heavy (non-hydrogen) atoms. The zero-order chi connectivity index (χ0) is 17.2. The maximum absolute atomic E-state index is 12.8. The number of benzene rings is 2. The van der Waals surface area contributed by atoms with Gasteiger partial charge in [0.25, 0.3) is 5.69 Å².